The average molecular weight is 269 g/mol. The highest BCUT2D eigenvalue weighted by Crippen LogP contribution is 2.13. The number of nitrogens with zero attached hydrogens (tertiary/aromatic N) is 1. The molecule has 5 nitrogen and oxygen atoms in total. The number of carbonyl (C=O) groups excluding carboxylic acids is 2. The standard InChI is InChI=1S/C14H27N3O2/c1-14(2,3)13(19)16-10-7-12(18)17(4)11-5-8-15-9-6-11/h11,15H,5-10H2,1-4H3,(H,16,19). The lowest BCUT2D eigenvalue weighted by Crippen LogP contribution is -2.45. The highest BCUT2D eigenvalue weighted by Gasteiger charge is 2.23. The summed E-state index contributed by atoms with van der Waals surface area (Å²) in [5.41, 5.74) is -0.399. The van der Waals surface area contributed by atoms with Crippen LogP contribution in [0.3, 0.4) is 0 Å². The third-order valence-electron chi connectivity index (χ3n) is 3.56. The first-order valence-electron chi connectivity index (χ1n) is 7.07. The Bertz CT molecular complexity index is 317. The lowest BCUT2D eigenvalue weighted by molar-refractivity contribution is -0.132. The number of rotatable bonds is 4. The van der Waals surface area contributed by atoms with E-state index in [-0.39, 0.29) is 11.8 Å². The SMILES string of the molecule is CN(C(=O)CCNC(=O)C(C)(C)C)C1CCNCC1. The van der Waals surface area contributed by atoms with E-state index in [0.29, 0.717) is 19.0 Å². The van der Waals surface area contributed by atoms with Gasteiger partial charge in [0.15, 0.2) is 0 Å². The average Bonchev–Trinajstić information content (AvgIpc) is 2.37. The van der Waals surface area contributed by atoms with Crippen LogP contribution in [0.25, 0.3) is 0 Å². The minimum absolute atomic E-state index is 0.00943. The molecule has 19 heavy (non-hydrogen) atoms. The molecule has 0 aromatic rings. The van der Waals surface area contributed by atoms with Gasteiger partial charge in [-0.1, -0.05) is 20.8 Å². The van der Waals surface area contributed by atoms with Crippen molar-refractivity contribution in [3.05, 3.63) is 0 Å². The van der Waals surface area contributed by atoms with Crippen LogP contribution in [0.2, 0.25) is 0 Å². The summed E-state index contributed by atoms with van der Waals surface area (Å²) in [4.78, 5) is 25.5. The second-order valence-electron chi connectivity index (χ2n) is 6.24. The molecule has 0 radical (unpaired) electrons. The first-order chi connectivity index (χ1) is 8.82. The lowest BCUT2D eigenvalue weighted by atomic mass is 9.96. The zero-order chi connectivity index (χ0) is 14.5. The van der Waals surface area contributed by atoms with Gasteiger partial charge in [0.2, 0.25) is 11.8 Å². The van der Waals surface area contributed by atoms with Crippen LogP contribution in [-0.4, -0.2) is 49.4 Å². The number of carbonyl (C=O) groups is 2. The monoisotopic (exact) mass is 269 g/mol. The fourth-order valence-corrected chi connectivity index (χ4v) is 2.12. The summed E-state index contributed by atoms with van der Waals surface area (Å²) >= 11 is 0. The molecular weight excluding hydrogens is 242 g/mol. The van der Waals surface area contributed by atoms with Crippen molar-refractivity contribution in [3.63, 3.8) is 0 Å². The maximum Gasteiger partial charge on any atom is 0.225 e. The molecule has 0 atom stereocenters. The van der Waals surface area contributed by atoms with E-state index in [9.17, 15) is 9.59 Å². The molecule has 1 aliphatic heterocycles. The molecule has 1 fully saturated rings. The number of piperidine rings is 1. The van der Waals surface area contributed by atoms with Crippen LogP contribution >= 0.6 is 0 Å². The second-order valence-corrected chi connectivity index (χ2v) is 6.24. The van der Waals surface area contributed by atoms with Gasteiger partial charge in [0.05, 0.1) is 0 Å². The van der Waals surface area contributed by atoms with Crippen molar-refractivity contribution in [2.75, 3.05) is 26.7 Å². The molecule has 1 aliphatic rings. The highest BCUT2D eigenvalue weighted by atomic mass is 16.2. The third-order valence-corrected chi connectivity index (χ3v) is 3.56. The summed E-state index contributed by atoms with van der Waals surface area (Å²) in [5.74, 6) is 0.103. The number of nitrogens with one attached hydrogen (secondary N) is 2. The summed E-state index contributed by atoms with van der Waals surface area (Å²) in [6.07, 6.45) is 2.40. The van der Waals surface area contributed by atoms with E-state index in [1.807, 2.05) is 32.7 Å². The first kappa shape index (κ1) is 16.0. The fraction of sp³-hybridized carbons (Fsp3) is 0.857. The van der Waals surface area contributed by atoms with E-state index < -0.39 is 5.41 Å². The molecule has 0 unspecified atom stereocenters. The molecule has 0 aromatic heterocycles. The fourth-order valence-electron chi connectivity index (χ4n) is 2.12. The maximum atomic E-state index is 12.0. The van der Waals surface area contributed by atoms with E-state index in [4.69, 9.17) is 0 Å². The zero-order valence-corrected chi connectivity index (χ0v) is 12.6. The van der Waals surface area contributed by atoms with Gasteiger partial charge in [0.25, 0.3) is 0 Å². The van der Waals surface area contributed by atoms with Gasteiger partial charge in [-0.2, -0.15) is 0 Å². The summed E-state index contributed by atoms with van der Waals surface area (Å²) in [7, 11) is 1.86. The third kappa shape index (κ3) is 5.19. The van der Waals surface area contributed by atoms with Crippen molar-refractivity contribution in [3.8, 4) is 0 Å². The first-order valence-corrected chi connectivity index (χ1v) is 7.07. The van der Waals surface area contributed by atoms with Gasteiger partial charge < -0.3 is 15.5 Å². The highest BCUT2D eigenvalue weighted by molar-refractivity contribution is 5.82. The van der Waals surface area contributed by atoms with E-state index in [1.54, 1.807) is 0 Å². The van der Waals surface area contributed by atoms with E-state index in [1.165, 1.54) is 0 Å². The van der Waals surface area contributed by atoms with Crippen LogP contribution in [0.5, 0.6) is 0 Å². The smallest absolute Gasteiger partial charge is 0.225 e. The molecule has 0 spiro atoms. The predicted molar refractivity (Wildman–Crippen MR) is 75.7 cm³/mol. The van der Waals surface area contributed by atoms with Crippen molar-refractivity contribution < 1.29 is 9.59 Å². The second kappa shape index (κ2) is 6.89. The molecule has 1 saturated heterocycles. The van der Waals surface area contributed by atoms with Gasteiger partial charge in [0.1, 0.15) is 0 Å². The Kier molecular flexibility index (Phi) is 5.79. The van der Waals surface area contributed by atoms with Gasteiger partial charge in [-0.05, 0) is 25.9 Å². The van der Waals surface area contributed by atoms with Gasteiger partial charge in [0, 0.05) is 31.5 Å². The lowest BCUT2D eigenvalue weighted by Gasteiger charge is -2.31. The molecule has 2 N–H and O–H groups in total. The normalized spacial score (nSPS) is 17.1. The van der Waals surface area contributed by atoms with Crippen LogP contribution in [0.4, 0.5) is 0 Å². The Morgan fingerprint density at radius 3 is 2.37 bits per heavy atom. The van der Waals surface area contributed by atoms with Crippen LogP contribution in [0.1, 0.15) is 40.0 Å². The van der Waals surface area contributed by atoms with Gasteiger partial charge >= 0.3 is 0 Å². The van der Waals surface area contributed by atoms with E-state index in [2.05, 4.69) is 10.6 Å². The maximum absolute atomic E-state index is 12.0. The Labute approximate surface area is 116 Å². The largest absolute Gasteiger partial charge is 0.355 e. The number of hydrogen-bond donors (Lipinski definition) is 2. The summed E-state index contributed by atoms with van der Waals surface area (Å²) < 4.78 is 0. The molecule has 1 heterocycles. The van der Waals surface area contributed by atoms with E-state index >= 15 is 0 Å². The van der Waals surface area contributed by atoms with Crippen LogP contribution in [0, 0.1) is 5.41 Å². The van der Waals surface area contributed by atoms with Crippen LogP contribution < -0.4 is 10.6 Å². The van der Waals surface area contributed by atoms with Crippen LogP contribution in [0.15, 0.2) is 0 Å². The Balaban J connectivity index is 2.28. The molecule has 1 rings (SSSR count). The van der Waals surface area contributed by atoms with Crippen molar-refractivity contribution in [2.45, 2.75) is 46.1 Å². The van der Waals surface area contributed by atoms with Crippen molar-refractivity contribution in [1.29, 1.82) is 0 Å². The summed E-state index contributed by atoms with van der Waals surface area (Å²) in [6.45, 7) is 7.97. The van der Waals surface area contributed by atoms with Crippen LogP contribution in [-0.2, 0) is 9.59 Å². The minimum Gasteiger partial charge on any atom is -0.355 e. The predicted octanol–water partition coefficient (Wildman–Crippen LogP) is 0.749. The molecule has 2 amide bonds. The molecule has 0 saturated carbocycles. The molecule has 0 aromatic carbocycles. The Morgan fingerprint density at radius 2 is 1.84 bits per heavy atom. The van der Waals surface area contributed by atoms with Gasteiger partial charge in [-0.25, -0.2) is 0 Å². The van der Waals surface area contributed by atoms with Gasteiger partial charge in [-0.15, -0.1) is 0 Å². The molecule has 110 valence electrons. The molecular formula is C14H27N3O2. The zero-order valence-electron chi connectivity index (χ0n) is 12.6. The van der Waals surface area contributed by atoms with Crippen molar-refractivity contribution in [1.82, 2.24) is 15.5 Å². The molecule has 5 heteroatoms. The quantitative estimate of drug-likeness (QED) is 0.791. The number of hydrogen-bond acceptors (Lipinski definition) is 3. The van der Waals surface area contributed by atoms with Crippen molar-refractivity contribution in [2.24, 2.45) is 5.41 Å². The summed E-state index contributed by atoms with van der Waals surface area (Å²) in [6, 6.07) is 0.340. The molecule has 0 bridgehead atoms. The van der Waals surface area contributed by atoms with Crippen molar-refractivity contribution >= 4 is 11.8 Å². The minimum atomic E-state index is -0.399. The Hall–Kier alpha value is -1.10. The molecule has 0 aliphatic carbocycles. The van der Waals surface area contributed by atoms with E-state index in [0.717, 1.165) is 25.9 Å². The summed E-state index contributed by atoms with van der Waals surface area (Å²) in [5, 5.41) is 6.10. The topological polar surface area (TPSA) is 61.4 Å². The number of amides is 2. The Morgan fingerprint density at radius 1 is 1.26 bits per heavy atom. The van der Waals surface area contributed by atoms with Gasteiger partial charge in [-0.3, -0.25) is 9.59 Å².